The van der Waals surface area contributed by atoms with Gasteiger partial charge in [0.15, 0.2) is 0 Å². The van der Waals surface area contributed by atoms with Crippen LogP contribution >= 0.6 is 23.1 Å². The van der Waals surface area contributed by atoms with Crippen LogP contribution in [0.1, 0.15) is 35.5 Å². The lowest BCUT2D eigenvalue weighted by atomic mass is 9.97. The summed E-state index contributed by atoms with van der Waals surface area (Å²) in [7, 11) is 0. The molecule has 2 heterocycles. The number of carboxylic acids is 1. The number of rotatable bonds is 6. The third-order valence-corrected chi connectivity index (χ3v) is 5.96. The Morgan fingerprint density at radius 3 is 2.91 bits per heavy atom. The fourth-order valence-electron chi connectivity index (χ4n) is 3.02. The molecule has 0 spiro atoms. The first-order valence-corrected chi connectivity index (χ1v) is 10.1. The van der Waals surface area contributed by atoms with Crippen molar-refractivity contribution in [3.8, 4) is 0 Å². The minimum atomic E-state index is -1.08. The molecule has 5 nitrogen and oxygen atoms in total. The van der Waals surface area contributed by atoms with E-state index in [9.17, 15) is 9.90 Å². The number of thiophene rings is 1. The van der Waals surface area contributed by atoms with Crippen molar-refractivity contribution in [2.75, 3.05) is 17.3 Å². The third-order valence-electron chi connectivity index (χ3n) is 4.13. The van der Waals surface area contributed by atoms with Gasteiger partial charge in [-0.25, -0.2) is 9.97 Å². The number of hydrogen-bond acceptors (Lipinski definition) is 7. The lowest BCUT2D eigenvalue weighted by Gasteiger charge is -2.21. The van der Waals surface area contributed by atoms with Gasteiger partial charge in [0.25, 0.3) is 0 Å². The Labute approximate surface area is 143 Å². The molecule has 1 aliphatic rings. The van der Waals surface area contributed by atoms with Gasteiger partial charge < -0.3 is 15.2 Å². The molecule has 23 heavy (non-hydrogen) atoms. The normalized spacial score (nSPS) is 15.4. The van der Waals surface area contributed by atoms with Gasteiger partial charge in [-0.05, 0) is 56.6 Å². The largest absolute Gasteiger partial charge is 0.548 e. The lowest BCUT2D eigenvalue weighted by Crippen LogP contribution is -2.41. The maximum absolute atomic E-state index is 11.4. The predicted molar refractivity (Wildman–Crippen MR) is 94.2 cm³/mol. The minimum Gasteiger partial charge on any atom is -0.548 e. The number of thioether (sulfide) groups is 1. The van der Waals surface area contributed by atoms with E-state index in [0.717, 1.165) is 28.8 Å². The van der Waals surface area contributed by atoms with Crippen molar-refractivity contribution < 1.29 is 9.90 Å². The Bertz CT molecular complexity index is 730. The second-order valence-corrected chi connectivity index (χ2v) is 7.88. The van der Waals surface area contributed by atoms with Crippen molar-refractivity contribution >= 4 is 45.1 Å². The van der Waals surface area contributed by atoms with Crippen LogP contribution in [0.3, 0.4) is 0 Å². The molecule has 0 fully saturated rings. The Balaban J connectivity index is 2.01. The molecule has 0 bridgehead atoms. The molecule has 2 aromatic rings. The van der Waals surface area contributed by atoms with E-state index in [1.54, 1.807) is 23.1 Å². The fraction of sp³-hybridized carbons (Fsp3) is 0.562. The SMILES string of the molecule is CSCC[C@H](Nc1nc(C)nc2sc3c(c12)CCCC3)C(=O)[O-]. The van der Waals surface area contributed by atoms with Gasteiger partial charge in [0.2, 0.25) is 0 Å². The van der Waals surface area contributed by atoms with Crippen molar-refractivity contribution in [3.63, 3.8) is 0 Å². The quantitative estimate of drug-likeness (QED) is 0.860. The Kier molecular flexibility index (Phi) is 5.06. The highest BCUT2D eigenvalue weighted by Crippen LogP contribution is 2.38. The minimum absolute atomic E-state index is 0.514. The van der Waals surface area contributed by atoms with Crippen molar-refractivity contribution in [1.82, 2.24) is 9.97 Å². The van der Waals surface area contributed by atoms with E-state index in [2.05, 4.69) is 15.3 Å². The van der Waals surface area contributed by atoms with Crippen LogP contribution in [0.4, 0.5) is 5.82 Å². The third kappa shape index (κ3) is 3.45. The van der Waals surface area contributed by atoms with Gasteiger partial charge in [0, 0.05) is 4.88 Å². The highest BCUT2D eigenvalue weighted by molar-refractivity contribution is 7.98. The van der Waals surface area contributed by atoms with E-state index in [1.807, 2.05) is 13.2 Å². The number of carboxylic acid groups (broad SMARTS) is 1. The summed E-state index contributed by atoms with van der Waals surface area (Å²) in [5.41, 5.74) is 1.31. The van der Waals surface area contributed by atoms with Crippen LogP contribution < -0.4 is 10.4 Å². The second kappa shape index (κ2) is 7.05. The fourth-order valence-corrected chi connectivity index (χ4v) is 4.80. The molecule has 1 aliphatic carbocycles. The molecule has 0 unspecified atom stereocenters. The molecule has 1 atom stereocenters. The monoisotopic (exact) mass is 350 g/mol. The van der Waals surface area contributed by atoms with Crippen LogP contribution in [-0.4, -0.2) is 34.0 Å². The number of anilines is 1. The molecule has 7 heteroatoms. The van der Waals surface area contributed by atoms with E-state index in [4.69, 9.17) is 0 Å². The summed E-state index contributed by atoms with van der Waals surface area (Å²) in [6, 6.07) is -0.723. The molecule has 0 amide bonds. The summed E-state index contributed by atoms with van der Waals surface area (Å²) in [4.78, 5) is 22.8. The average molecular weight is 350 g/mol. The molecular weight excluding hydrogens is 330 g/mol. The van der Waals surface area contributed by atoms with Gasteiger partial charge in [-0.2, -0.15) is 11.8 Å². The number of carbonyl (C=O) groups excluding carboxylic acids is 1. The number of aromatic nitrogens is 2. The molecule has 0 aliphatic heterocycles. The zero-order chi connectivity index (χ0) is 16.4. The number of nitrogens with zero attached hydrogens (tertiary/aromatic N) is 2. The zero-order valence-corrected chi connectivity index (χ0v) is 15.0. The summed E-state index contributed by atoms with van der Waals surface area (Å²) in [6.07, 6.45) is 6.98. The summed E-state index contributed by atoms with van der Waals surface area (Å²) in [5, 5.41) is 15.6. The van der Waals surface area contributed by atoms with E-state index in [0.29, 0.717) is 18.1 Å². The van der Waals surface area contributed by atoms with E-state index >= 15 is 0 Å². The van der Waals surface area contributed by atoms with E-state index < -0.39 is 12.0 Å². The standard InChI is InChI=1S/C16H21N3O2S2/c1-9-17-14(19-11(16(20)21)7-8-22-2)13-10-5-3-4-6-12(10)23-15(13)18-9/h11H,3-8H2,1-2H3,(H,20,21)(H,17,18,19)/p-1/t11-/m0/s1. The van der Waals surface area contributed by atoms with E-state index in [-0.39, 0.29) is 0 Å². The summed E-state index contributed by atoms with van der Waals surface area (Å²) in [5.74, 6) is 1.01. The summed E-state index contributed by atoms with van der Waals surface area (Å²) in [6.45, 7) is 1.85. The zero-order valence-electron chi connectivity index (χ0n) is 13.3. The molecule has 2 aromatic heterocycles. The van der Waals surface area contributed by atoms with Crippen LogP contribution in [-0.2, 0) is 17.6 Å². The molecule has 3 rings (SSSR count). The van der Waals surface area contributed by atoms with Crippen LogP contribution in [0.15, 0.2) is 0 Å². The second-order valence-electron chi connectivity index (χ2n) is 5.81. The molecule has 0 saturated carbocycles. The molecule has 0 aromatic carbocycles. The molecule has 0 saturated heterocycles. The first-order chi connectivity index (χ1) is 11.1. The number of nitrogens with one attached hydrogen (secondary N) is 1. The molecular formula is C16H20N3O2S2-. The van der Waals surface area contributed by atoms with Crippen LogP contribution in [0.2, 0.25) is 0 Å². The van der Waals surface area contributed by atoms with Gasteiger partial charge >= 0.3 is 0 Å². The predicted octanol–water partition coefficient (Wildman–Crippen LogP) is 2.16. The number of carbonyl (C=O) groups is 1. The van der Waals surface area contributed by atoms with Crippen molar-refractivity contribution in [1.29, 1.82) is 0 Å². The van der Waals surface area contributed by atoms with Gasteiger partial charge in [-0.15, -0.1) is 11.3 Å². The maximum atomic E-state index is 11.4. The number of fused-ring (bicyclic) bond motifs is 3. The average Bonchev–Trinajstić information content (AvgIpc) is 2.88. The topological polar surface area (TPSA) is 77.9 Å². The number of aliphatic carboxylic acids is 1. The van der Waals surface area contributed by atoms with Gasteiger partial charge in [0.05, 0.1) is 17.4 Å². The number of hydrogen-bond donors (Lipinski definition) is 1. The molecule has 1 N–H and O–H groups in total. The van der Waals surface area contributed by atoms with Gasteiger partial charge in [-0.1, -0.05) is 0 Å². The van der Waals surface area contributed by atoms with Gasteiger partial charge in [0.1, 0.15) is 16.5 Å². The van der Waals surface area contributed by atoms with Crippen molar-refractivity contribution in [2.24, 2.45) is 0 Å². The molecule has 124 valence electrons. The van der Waals surface area contributed by atoms with Crippen LogP contribution in [0, 0.1) is 6.92 Å². The maximum Gasteiger partial charge on any atom is 0.139 e. The van der Waals surface area contributed by atoms with Crippen molar-refractivity contribution in [2.45, 2.75) is 45.1 Å². The Morgan fingerprint density at radius 1 is 1.39 bits per heavy atom. The first kappa shape index (κ1) is 16.5. The lowest BCUT2D eigenvalue weighted by molar-refractivity contribution is -0.306. The Hall–Kier alpha value is -1.34. The van der Waals surface area contributed by atoms with E-state index in [1.165, 1.54) is 23.3 Å². The first-order valence-electron chi connectivity index (χ1n) is 7.85. The van der Waals surface area contributed by atoms with Crippen molar-refractivity contribution in [3.05, 3.63) is 16.3 Å². The highest BCUT2D eigenvalue weighted by Gasteiger charge is 2.22. The molecule has 0 radical (unpaired) electrons. The van der Waals surface area contributed by atoms with Gasteiger partial charge in [-0.3, -0.25) is 0 Å². The number of aryl methyl sites for hydroxylation is 3. The van der Waals surface area contributed by atoms with Crippen LogP contribution in [0.5, 0.6) is 0 Å². The Morgan fingerprint density at radius 2 is 2.17 bits per heavy atom. The summed E-state index contributed by atoms with van der Waals surface area (Å²) >= 11 is 3.35. The van der Waals surface area contributed by atoms with Crippen LogP contribution in [0.25, 0.3) is 10.2 Å². The summed E-state index contributed by atoms with van der Waals surface area (Å²) < 4.78 is 0. The smallest absolute Gasteiger partial charge is 0.139 e. The highest BCUT2D eigenvalue weighted by atomic mass is 32.2.